The molecule has 0 bridgehead atoms. The minimum Gasteiger partial charge on any atom is -0.380 e. The first-order valence-electron chi connectivity index (χ1n) is 13.3. The lowest BCUT2D eigenvalue weighted by Crippen LogP contribution is -2.59. The minimum absolute atomic E-state index is 0.114. The molecular weight excluding hydrogens is 420 g/mol. The molecule has 2 unspecified atom stereocenters. The number of carbonyl (C=O) groups is 2. The van der Waals surface area contributed by atoms with Crippen molar-refractivity contribution in [3.63, 3.8) is 0 Å². The highest BCUT2D eigenvalue weighted by molar-refractivity contribution is 5.89. The van der Waals surface area contributed by atoms with E-state index in [0.29, 0.717) is 5.78 Å². The number of hydrogen-bond donors (Lipinski definition) is 1. The molecule has 4 nitrogen and oxygen atoms in total. The van der Waals surface area contributed by atoms with E-state index in [4.69, 9.17) is 0 Å². The second kappa shape index (κ2) is 10.0. The van der Waals surface area contributed by atoms with Gasteiger partial charge in [0.05, 0.1) is 11.5 Å². The van der Waals surface area contributed by atoms with Crippen LogP contribution in [-0.2, 0) is 21.4 Å². The van der Waals surface area contributed by atoms with E-state index in [1.807, 2.05) is 18.2 Å². The molecule has 3 aliphatic rings. The lowest BCUT2D eigenvalue weighted by Gasteiger charge is -2.46. The van der Waals surface area contributed by atoms with Gasteiger partial charge >= 0.3 is 0 Å². The zero-order chi connectivity index (χ0) is 23.5. The van der Waals surface area contributed by atoms with Crippen LogP contribution in [-0.4, -0.2) is 41.6 Å². The Morgan fingerprint density at radius 1 is 0.912 bits per heavy atom. The first-order chi connectivity index (χ1) is 16.6. The van der Waals surface area contributed by atoms with Gasteiger partial charge in [-0.3, -0.25) is 14.5 Å². The molecule has 2 aliphatic heterocycles. The smallest absolute Gasteiger partial charge is 0.155 e. The number of nitrogens with zero attached hydrogens (tertiary/aromatic N) is 1. The van der Waals surface area contributed by atoms with Gasteiger partial charge in [0.1, 0.15) is 5.78 Å². The van der Waals surface area contributed by atoms with Crippen molar-refractivity contribution in [1.29, 1.82) is 0 Å². The number of aryl methyl sites for hydroxylation is 1. The molecule has 1 saturated carbocycles. The largest absolute Gasteiger partial charge is 0.380 e. The molecule has 4 heteroatoms. The topological polar surface area (TPSA) is 49.4 Å². The number of hydrogen-bond acceptors (Lipinski definition) is 4. The van der Waals surface area contributed by atoms with E-state index in [1.165, 1.54) is 30.5 Å². The highest BCUT2D eigenvalue weighted by atomic mass is 16.1. The summed E-state index contributed by atoms with van der Waals surface area (Å²) in [7, 11) is 0. The quantitative estimate of drug-likeness (QED) is 0.616. The molecule has 180 valence electrons. The molecule has 1 saturated heterocycles. The van der Waals surface area contributed by atoms with Gasteiger partial charge in [-0.25, -0.2) is 0 Å². The van der Waals surface area contributed by atoms with Crippen LogP contribution in [0.15, 0.2) is 54.6 Å². The second-order valence-electron chi connectivity index (χ2n) is 10.7. The molecule has 1 aliphatic carbocycles. The van der Waals surface area contributed by atoms with Crippen molar-refractivity contribution in [2.45, 2.75) is 82.2 Å². The number of para-hydroxylation sites is 1. The van der Waals surface area contributed by atoms with Crippen LogP contribution in [0.5, 0.6) is 0 Å². The Morgan fingerprint density at radius 3 is 2.29 bits per heavy atom. The number of ketones is 2. The van der Waals surface area contributed by atoms with E-state index in [9.17, 15) is 9.59 Å². The van der Waals surface area contributed by atoms with Gasteiger partial charge in [-0.05, 0) is 62.6 Å². The van der Waals surface area contributed by atoms with Gasteiger partial charge in [0.2, 0.25) is 0 Å². The summed E-state index contributed by atoms with van der Waals surface area (Å²) in [6, 6.07) is 18.8. The molecule has 0 aromatic heterocycles. The summed E-state index contributed by atoms with van der Waals surface area (Å²) < 4.78 is 0. The SMILES string of the molecule is CC(=O)C1(c2ccccc2)CCN(C(C(=O)C2CCCCC2)C2CCc3ccccc3N2)CC1. The van der Waals surface area contributed by atoms with Crippen LogP contribution in [0.4, 0.5) is 5.69 Å². The predicted octanol–water partition coefficient (Wildman–Crippen LogP) is 5.55. The van der Waals surface area contributed by atoms with Gasteiger partial charge in [-0.2, -0.15) is 0 Å². The van der Waals surface area contributed by atoms with Gasteiger partial charge < -0.3 is 5.32 Å². The molecule has 2 heterocycles. The summed E-state index contributed by atoms with van der Waals surface area (Å²) >= 11 is 0. The Balaban J connectivity index is 1.40. The highest BCUT2D eigenvalue weighted by Gasteiger charge is 2.45. The third-order valence-electron chi connectivity index (χ3n) is 8.81. The maximum atomic E-state index is 14.0. The predicted molar refractivity (Wildman–Crippen MR) is 137 cm³/mol. The number of carbonyl (C=O) groups excluding carboxylic acids is 2. The summed E-state index contributed by atoms with van der Waals surface area (Å²) in [6.45, 7) is 3.32. The lowest BCUT2D eigenvalue weighted by atomic mass is 9.69. The fourth-order valence-electron chi connectivity index (χ4n) is 6.75. The molecule has 2 aromatic rings. The normalized spacial score (nSPS) is 24.0. The van der Waals surface area contributed by atoms with Crippen LogP contribution in [0, 0.1) is 5.92 Å². The Hall–Kier alpha value is -2.46. The van der Waals surface area contributed by atoms with Gasteiger partial charge in [0, 0.05) is 30.7 Å². The fourth-order valence-corrected chi connectivity index (χ4v) is 6.75. The molecule has 2 aromatic carbocycles. The van der Waals surface area contributed by atoms with E-state index in [2.05, 4.69) is 46.6 Å². The maximum absolute atomic E-state index is 14.0. The van der Waals surface area contributed by atoms with Crippen molar-refractivity contribution < 1.29 is 9.59 Å². The van der Waals surface area contributed by atoms with Gasteiger partial charge in [-0.1, -0.05) is 67.8 Å². The Morgan fingerprint density at radius 2 is 1.59 bits per heavy atom. The lowest BCUT2D eigenvalue weighted by molar-refractivity contribution is -0.131. The van der Waals surface area contributed by atoms with Crippen molar-refractivity contribution >= 4 is 17.3 Å². The summed E-state index contributed by atoms with van der Waals surface area (Å²) in [4.78, 5) is 29.4. The number of fused-ring (bicyclic) bond motifs is 1. The number of benzene rings is 2. The molecule has 2 fully saturated rings. The summed E-state index contributed by atoms with van der Waals surface area (Å²) in [6.07, 6.45) is 9.23. The molecule has 1 N–H and O–H groups in total. The van der Waals surface area contributed by atoms with E-state index in [1.54, 1.807) is 6.92 Å². The highest BCUT2D eigenvalue weighted by Crippen LogP contribution is 2.39. The van der Waals surface area contributed by atoms with E-state index < -0.39 is 5.41 Å². The number of anilines is 1. The molecule has 5 rings (SSSR count). The number of likely N-dealkylation sites (tertiary alicyclic amines) is 1. The van der Waals surface area contributed by atoms with Gasteiger partial charge in [-0.15, -0.1) is 0 Å². The summed E-state index contributed by atoms with van der Waals surface area (Å²) in [5, 5.41) is 3.76. The number of Topliss-reactive ketones (excluding diaryl/α,β-unsaturated/α-hetero) is 2. The number of piperidine rings is 1. The molecule has 0 spiro atoms. The standard InChI is InChI=1S/C30H38N2O2/c1-22(33)30(25-13-6-3-7-14-25)18-20-32(21-19-30)28(29(34)24-11-4-2-5-12-24)27-17-16-23-10-8-9-15-26(23)31-27/h3,6-10,13-15,24,27-28,31H,2,4-5,11-12,16-21H2,1H3. The first-order valence-corrected chi connectivity index (χ1v) is 13.3. The first kappa shape index (κ1) is 23.3. The van der Waals surface area contributed by atoms with E-state index in [0.717, 1.165) is 57.2 Å². The third kappa shape index (κ3) is 4.45. The van der Waals surface area contributed by atoms with Crippen LogP contribution < -0.4 is 5.32 Å². The fraction of sp³-hybridized carbons (Fsp3) is 0.533. The minimum atomic E-state index is -0.428. The van der Waals surface area contributed by atoms with Crippen molar-refractivity contribution in [2.75, 3.05) is 18.4 Å². The van der Waals surface area contributed by atoms with E-state index in [-0.39, 0.29) is 23.8 Å². The van der Waals surface area contributed by atoms with E-state index >= 15 is 0 Å². The van der Waals surface area contributed by atoms with Crippen LogP contribution >= 0.6 is 0 Å². The van der Waals surface area contributed by atoms with Crippen molar-refractivity contribution in [2.24, 2.45) is 5.92 Å². The van der Waals surface area contributed by atoms with Crippen molar-refractivity contribution in [1.82, 2.24) is 4.90 Å². The zero-order valence-electron chi connectivity index (χ0n) is 20.5. The van der Waals surface area contributed by atoms with Gasteiger partial charge in [0.25, 0.3) is 0 Å². The average Bonchev–Trinajstić information content (AvgIpc) is 2.90. The monoisotopic (exact) mass is 458 g/mol. The summed E-state index contributed by atoms with van der Waals surface area (Å²) in [5.41, 5.74) is 3.23. The zero-order valence-corrected chi connectivity index (χ0v) is 20.5. The Labute approximate surface area is 204 Å². The van der Waals surface area contributed by atoms with Gasteiger partial charge in [0.15, 0.2) is 5.78 Å². The number of rotatable bonds is 6. The van der Waals surface area contributed by atoms with Crippen LogP contribution in [0.3, 0.4) is 0 Å². The average molecular weight is 459 g/mol. The molecule has 2 atom stereocenters. The summed E-state index contributed by atoms with van der Waals surface area (Å²) in [5.74, 6) is 0.871. The molecular formula is C30H38N2O2. The van der Waals surface area contributed by atoms with Crippen LogP contribution in [0.2, 0.25) is 0 Å². The molecule has 34 heavy (non-hydrogen) atoms. The van der Waals surface area contributed by atoms with Crippen LogP contribution in [0.25, 0.3) is 0 Å². The van der Waals surface area contributed by atoms with Crippen molar-refractivity contribution in [3.8, 4) is 0 Å². The Bertz CT molecular complexity index is 1000. The molecule has 0 radical (unpaired) electrons. The van der Waals surface area contributed by atoms with Crippen molar-refractivity contribution in [3.05, 3.63) is 65.7 Å². The number of nitrogens with one attached hydrogen (secondary N) is 1. The maximum Gasteiger partial charge on any atom is 0.155 e. The van der Waals surface area contributed by atoms with Crippen LogP contribution in [0.1, 0.15) is 69.4 Å². The Kier molecular flexibility index (Phi) is 6.87. The second-order valence-corrected chi connectivity index (χ2v) is 10.7. The molecule has 0 amide bonds. The third-order valence-corrected chi connectivity index (χ3v) is 8.81.